The summed E-state index contributed by atoms with van der Waals surface area (Å²) in [5.74, 6) is 1.59. The highest BCUT2D eigenvalue weighted by atomic mass is 32.1. The molecule has 7 aromatic carbocycles. The molecule has 2 heterocycles. The zero-order valence-corrected chi connectivity index (χ0v) is 21.6. The molecule has 0 amide bonds. The molecular formula is C34H20N4S. The monoisotopic (exact) mass is 516 g/mol. The van der Waals surface area contributed by atoms with Crippen molar-refractivity contribution < 1.29 is 0 Å². The fraction of sp³-hybridized carbons (Fsp3) is 0. The maximum absolute atomic E-state index is 5.32. The van der Waals surface area contributed by atoms with Gasteiger partial charge >= 0.3 is 0 Å². The van der Waals surface area contributed by atoms with Crippen molar-refractivity contribution >= 4 is 77.8 Å². The molecule has 0 atom stereocenters. The molecule has 182 valence electrons. The van der Waals surface area contributed by atoms with Gasteiger partial charge in [0.25, 0.3) is 0 Å². The topological polar surface area (TPSA) is 57.4 Å². The molecule has 0 unspecified atom stereocenters. The highest BCUT2D eigenvalue weighted by Crippen LogP contribution is 2.50. The van der Waals surface area contributed by atoms with Gasteiger partial charge in [-0.3, -0.25) is 0 Å². The number of rotatable bonds is 2. The molecule has 0 radical (unpaired) electrons. The first kappa shape index (κ1) is 21.1. The first-order valence-corrected chi connectivity index (χ1v) is 13.5. The van der Waals surface area contributed by atoms with E-state index in [9.17, 15) is 0 Å². The zero-order chi connectivity index (χ0) is 25.7. The number of para-hydroxylation sites is 4. The first-order valence-electron chi connectivity index (χ1n) is 13.0. The molecule has 4 nitrogen and oxygen atoms in total. The lowest BCUT2D eigenvalue weighted by Crippen LogP contribution is -1.97. The number of aromatic nitrogens is 4. The van der Waals surface area contributed by atoms with Crippen LogP contribution in [0.3, 0.4) is 0 Å². The molecule has 0 spiro atoms. The van der Waals surface area contributed by atoms with Gasteiger partial charge in [0.05, 0.1) is 22.1 Å². The van der Waals surface area contributed by atoms with Crippen molar-refractivity contribution in [2.45, 2.75) is 4.90 Å². The third-order valence-electron chi connectivity index (χ3n) is 8.02. The number of hydrogen-bond acceptors (Lipinski definition) is 3. The van der Waals surface area contributed by atoms with Crippen LogP contribution in [0.1, 0.15) is 0 Å². The van der Waals surface area contributed by atoms with Gasteiger partial charge in [0.1, 0.15) is 11.6 Å². The Morgan fingerprint density at radius 1 is 0.462 bits per heavy atom. The Morgan fingerprint density at radius 3 is 1.67 bits per heavy atom. The number of nitrogens with one attached hydrogen (secondary N) is 2. The van der Waals surface area contributed by atoms with E-state index < -0.39 is 0 Å². The van der Waals surface area contributed by atoms with Gasteiger partial charge in [0.2, 0.25) is 0 Å². The smallest absolute Gasteiger partial charge is 0.140 e. The molecule has 9 aromatic rings. The lowest BCUT2D eigenvalue weighted by atomic mass is 9.86. The summed E-state index contributed by atoms with van der Waals surface area (Å²) in [5, 5.41) is 9.63. The number of fused-ring (bicyclic) bond motifs is 4. The fourth-order valence-corrected chi connectivity index (χ4v) is 6.86. The number of thiol groups is 1. The predicted octanol–water partition coefficient (Wildman–Crippen LogP) is 9.11. The lowest BCUT2D eigenvalue weighted by molar-refractivity contribution is 1.29. The Balaban J connectivity index is 1.56. The van der Waals surface area contributed by atoms with E-state index in [4.69, 9.17) is 22.6 Å². The summed E-state index contributed by atoms with van der Waals surface area (Å²) in [6.07, 6.45) is 0. The van der Waals surface area contributed by atoms with E-state index in [2.05, 4.69) is 76.7 Å². The van der Waals surface area contributed by atoms with Crippen molar-refractivity contribution in [2.75, 3.05) is 0 Å². The summed E-state index contributed by atoms with van der Waals surface area (Å²) >= 11 is 5.32. The predicted molar refractivity (Wildman–Crippen MR) is 165 cm³/mol. The minimum absolute atomic E-state index is 0.784. The van der Waals surface area contributed by atoms with Crippen LogP contribution in [-0.2, 0) is 0 Å². The number of aromatic amines is 2. The van der Waals surface area contributed by atoms with E-state index in [0.717, 1.165) is 60.5 Å². The van der Waals surface area contributed by atoms with E-state index in [1.807, 2.05) is 36.4 Å². The second kappa shape index (κ2) is 7.59. The minimum atomic E-state index is 0.784. The van der Waals surface area contributed by atoms with Gasteiger partial charge < -0.3 is 9.97 Å². The van der Waals surface area contributed by atoms with Gasteiger partial charge in [-0.25, -0.2) is 9.97 Å². The summed E-state index contributed by atoms with van der Waals surface area (Å²) in [6, 6.07) is 36.0. The van der Waals surface area contributed by atoms with Crippen molar-refractivity contribution in [3.63, 3.8) is 0 Å². The molecule has 0 bridgehead atoms. The largest absolute Gasteiger partial charge is 0.338 e. The van der Waals surface area contributed by atoms with E-state index in [-0.39, 0.29) is 0 Å². The first-order chi connectivity index (χ1) is 19.3. The second-order valence-electron chi connectivity index (χ2n) is 10.1. The van der Waals surface area contributed by atoms with Crippen LogP contribution < -0.4 is 0 Å². The number of imidazole rings is 2. The van der Waals surface area contributed by atoms with Crippen LogP contribution in [-0.4, -0.2) is 19.9 Å². The fourth-order valence-electron chi connectivity index (χ4n) is 6.41. The summed E-state index contributed by atoms with van der Waals surface area (Å²) < 4.78 is 0. The van der Waals surface area contributed by atoms with Gasteiger partial charge in [0.15, 0.2) is 0 Å². The van der Waals surface area contributed by atoms with Gasteiger partial charge in [-0.2, -0.15) is 0 Å². The van der Waals surface area contributed by atoms with Gasteiger partial charge in [-0.1, -0.05) is 78.9 Å². The number of benzene rings is 7. The lowest BCUT2D eigenvalue weighted by Gasteiger charge is -2.20. The molecule has 0 saturated carbocycles. The van der Waals surface area contributed by atoms with Gasteiger partial charge in [-0.05, 0) is 62.0 Å². The second-order valence-corrected chi connectivity index (χ2v) is 10.6. The minimum Gasteiger partial charge on any atom is -0.338 e. The Kier molecular flexibility index (Phi) is 4.11. The standard InChI is InChI=1S/C34H20N4S/c39-32-29-21-12-6-9-18-8-5-10-19(27(18)21)20-11-7-13-22(28(20)29)30(33-35-23-14-1-2-15-24(23)36-33)31(32)34-37-25-16-3-4-17-26(25)38-34/h1-17,39H,(H,35,36)(H,37,38). The zero-order valence-electron chi connectivity index (χ0n) is 20.7. The number of hydrogen-bond donors (Lipinski definition) is 3. The van der Waals surface area contributed by atoms with Crippen molar-refractivity contribution in [1.82, 2.24) is 19.9 Å². The Bertz CT molecular complexity index is 2340. The molecule has 0 saturated heterocycles. The quantitative estimate of drug-likeness (QED) is 0.122. The summed E-state index contributed by atoms with van der Waals surface area (Å²) in [4.78, 5) is 18.2. The van der Waals surface area contributed by atoms with Crippen molar-refractivity contribution in [3.8, 4) is 22.8 Å². The van der Waals surface area contributed by atoms with Crippen LogP contribution >= 0.6 is 12.6 Å². The Labute approximate surface area is 228 Å². The normalized spacial score (nSPS) is 12.2. The van der Waals surface area contributed by atoms with Crippen LogP contribution in [0.5, 0.6) is 0 Å². The number of nitrogens with zero attached hydrogens (tertiary/aromatic N) is 2. The van der Waals surface area contributed by atoms with Crippen LogP contribution in [0.25, 0.3) is 87.9 Å². The van der Waals surface area contributed by atoms with Crippen LogP contribution in [0, 0.1) is 0 Å². The van der Waals surface area contributed by atoms with Crippen LogP contribution in [0.4, 0.5) is 0 Å². The number of H-pyrrole nitrogens is 2. The van der Waals surface area contributed by atoms with Crippen LogP contribution in [0.15, 0.2) is 108 Å². The molecule has 39 heavy (non-hydrogen) atoms. The molecular weight excluding hydrogens is 496 g/mol. The van der Waals surface area contributed by atoms with Gasteiger partial charge in [0, 0.05) is 21.4 Å². The van der Waals surface area contributed by atoms with E-state index in [1.54, 1.807) is 0 Å². The molecule has 0 aliphatic carbocycles. The summed E-state index contributed by atoms with van der Waals surface area (Å²) in [5.41, 5.74) is 5.79. The maximum atomic E-state index is 5.32. The Morgan fingerprint density at radius 2 is 1.00 bits per heavy atom. The molecule has 2 aromatic heterocycles. The molecule has 9 rings (SSSR count). The maximum Gasteiger partial charge on any atom is 0.140 e. The van der Waals surface area contributed by atoms with Crippen LogP contribution in [0.2, 0.25) is 0 Å². The third-order valence-corrected chi connectivity index (χ3v) is 8.47. The SMILES string of the molecule is Sc1c(-c2nc3ccccc3[nH]2)c(-c2nc3ccccc3[nH]2)c2cccc3c4cccc5cccc(c1c23)c54. The highest BCUT2D eigenvalue weighted by molar-refractivity contribution is 7.80. The van der Waals surface area contributed by atoms with E-state index >= 15 is 0 Å². The van der Waals surface area contributed by atoms with E-state index in [1.165, 1.54) is 32.3 Å². The third kappa shape index (κ3) is 2.80. The summed E-state index contributed by atoms with van der Waals surface area (Å²) in [6.45, 7) is 0. The molecule has 0 fully saturated rings. The molecule has 0 aliphatic rings. The Hall–Kier alpha value is -4.87. The highest BCUT2D eigenvalue weighted by Gasteiger charge is 2.25. The van der Waals surface area contributed by atoms with Crippen molar-refractivity contribution in [2.24, 2.45) is 0 Å². The average Bonchev–Trinajstić information content (AvgIpc) is 3.60. The average molecular weight is 517 g/mol. The van der Waals surface area contributed by atoms with Crippen molar-refractivity contribution in [1.29, 1.82) is 0 Å². The molecule has 5 heteroatoms. The molecule has 2 N–H and O–H groups in total. The van der Waals surface area contributed by atoms with Gasteiger partial charge in [-0.15, -0.1) is 12.6 Å². The van der Waals surface area contributed by atoms with Crippen molar-refractivity contribution in [3.05, 3.63) is 103 Å². The summed E-state index contributed by atoms with van der Waals surface area (Å²) in [7, 11) is 0. The molecule has 0 aliphatic heterocycles. The van der Waals surface area contributed by atoms with E-state index in [0.29, 0.717) is 0 Å².